The van der Waals surface area contributed by atoms with Crippen LogP contribution in [-0.2, 0) is 20.7 Å². The van der Waals surface area contributed by atoms with E-state index in [1.165, 1.54) is 6.26 Å². The van der Waals surface area contributed by atoms with Crippen LogP contribution in [0.2, 0.25) is 0 Å². The number of carbonyl (C=O) groups excluding carboxylic acids is 1. The molecule has 0 aromatic carbocycles. The van der Waals surface area contributed by atoms with Crippen LogP contribution in [0.5, 0.6) is 0 Å². The number of aliphatic carboxylic acids is 1. The van der Waals surface area contributed by atoms with Gasteiger partial charge in [-0.25, -0.2) is 4.79 Å². The second-order valence-electron chi connectivity index (χ2n) is 4.32. The van der Waals surface area contributed by atoms with Crippen molar-refractivity contribution >= 4 is 11.9 Å². The summed E-state index contributed by atoms with van der Waals surface area (Å²) in [4.78, 5) is 22.9. The van der Waals surface area contributed by atoms with Crippen molar-refractivity contribution in [2.45, 2.75) is 24.8 Å². The number of hydrogen-bond acceptors (Lipinski definition) is 4. The molecule has 0 saturated carbocycles. The second-order valence-corrected chi connectivity index (χ2v) is 4.32. The van der Waals surface area contributed by atoms with Crippen LogP contribution >= 0.6 is 0 Å². The smallest absolute Gasteiger partial charge is 0.331 e. The first-order valence-electron chi connectivity index (χ1n) is 5.77. The minimum absolute atomic E-state index is 0.0226. The van der Waals surface area contributed by atoms with E-state index in [1.807, 2.05) is 0 Å². The minimum atomic E-state index is -1.26. The molecule has 98 valence electrons. The maximum absolute atomic E-state index is 11.7. The largest absolute Gasteiger partial charge is 0.479 e. The topological polar surface area (TPSA) is 88.8 Å². The van der Waals surface area contributed by atoms with Gasteiger partial charge in [0.05, 0.1) is 12.9 Å². The highest BCUT2D eigenvalue weighted by Gasteiger charge is 2.43. The maximum atomic E-state index is 11.7. The van der Waals surface area contributed by atoms with Crippen LogP contribution in [0, 0.1) is 0 Å². The molecular weight excluding hydrogens is 238 g/mol. The minimum Gasteiger partial charge on any atom is -0.479 e. The molecule has 0 bridgehead atoms. The highest BCUT2D eigenvalue weighted by atomic mass is 16.5. The summed E-state index contributed by atoms with van der Waals surface area (Å²) in [6.07, 6.45) is 2.49. The van der Waals surface area contributed by atoms with Gasteiger partial charge in [-0.15, -0.1) is 0 Å². The van der Waals surface area contributed by atoms with E-state index in [-0.39, 0.29) is 18.9 Å². The molecule has 0 spiro atoms. The van der Waals surface area contributed by atoms with Gasteiger partial charge in [-0.1, -0.05) is 0 Å². The number of rotatable bonds is 5. The summed E-state index contributed by atoms with van der Waals surface area (Å²) in [5, 5.41) is 11.7. The molecule has 1 aromatic rings. The highest BCUT2D eigenvalue weighted by molar-refractivity contribution is 5.87. The van der Waals surface area contributed by atoms with Crippen LogP contribution in [-0.4, -0.2) is 35.7 Å². The fraction of sp³-hybridized carbons (Fsp3) is 0.500. The number of carbonyl (C=O) groups is 2. The lowest BCUT2D eigenvalue weighted by atomic mass is 9.98. The number of aryl methyl sites for hydroxylation is 1. The maximum Gasteiger partial charge on any atom is 0.331 e. The summed E-state index contributed by atoms with van der Waals surface area (Å²) in [6.45, 7) is 0.375. The fourth-order valence-electron chi connectivity index (χ4n) is 1.91. The van der Waals surface area contributed by atoms with Gasteiger partial charge in [0.15, 0.2) is 5.54 Å². The van der Waals surface area contributed by atoms with Gasteiger partial charge >= 0.3 is 5.97 Å². The summed E-state index contributed by atoms with van der Waals surface area (Å²) in [5.74, 6) is -0.650. The fourth-order valence-corrected chi connectivity index (χ4v) is 1.91. The summed E-state index contributed by atoms with van der Waals surface area (Å²) in [6, 6.07) is 3.52. The number of furan rings is 1. The SMILES string of the molecule is O=C(CCc1ccco1)NC1(C(=O)O)CCOC1. The van der Waals surface area contributed by atoms with E-state index >= 15 is 0 Å². The Morgan fingerprint density at radius 2 is 2.33 bits per heavy atom. The molecule has 2 N–H and O–H groups in total. The summed E-state index contributed by atoms with van der Waals surface area (Å²) in [7, 11) is 0. The Morgan fingerprint density at radius 3 is 2.89 bits per heavy atom. The molecule has 1 unspecified atom stereocenters. The number of nitrogens with one attached hydrogen (secondary N) is 1. The third-order valence-corrected chi connectivity index (χ3v) is 2.99. The van der Waals surface area contributed by atoms with Crippen molar-refractivity contribution in [1.29, 1.82) is 0 Å². The first-order chi connectivity index (χ1) is 8.62. The third-order valence-electron chi connectivity index (χ3n) is 2.99. The molecule has 2 heterocycles. The molecule has 1 amide bonds. The predicted molar refractivity (Wildman–Crippen MR) is 61.0 cm³/mol. The van der Waals surface area contributed by atoms with Crippen molar-refractivity contribution in [2.75, 3.05) is 13.2 Å². The summed E-state index contributed by atoms with van der Waals surface area (Å²) < 4.78 is 10.2. The summed E-state index contributed by atoms with van der Waals surface area (Å²) in [5.41, 5.74) is -1.26. The molecule has 2 rings (SSSR count). The van der Waals surface area contributed by atoms with Crippen molar-refractivity contribution in [3.05, 3.63) is 24.2 Å². The quantitative estimate of drug-likeness (QED) is 0.801. The molecule has 1 aliphatic heterocycles. The van der Waals surface area contributed by atoms with Crippen molar-refractivity contribution in [3.8, 4) is 0 Å². The van der Waals surface area contributed by atoms with E-state index in [0.717, 1.165) is 0 Å². The van der Waals surface area contributed by atoms with Gasteiger partial charge < -0.3 is 19.6 Å². The molecule has 1 aromatic heterocycles. The Morgan fingerprint density at radius 1 is 1.50 bits per heavy atom. The van der Waals surface area contributed by atoms with Gasteiger partial charge in [0, 0.05) is 25.9 Å². The lowest BCUT2D eigenvalue weighted by Crippen LogP contribution is -2.55. The van der Waals surface area contributed by atoms with Crippen LogP contribution in [0.4, 0.5) is 0 Å². The molecule has 1 saturated heterocycles. The average Bonchev–Trinajstić information content (AvgIpc) is 2.97. The molecule has 1 fully saturated rings. The van der Waals surface area contributed by atoms with E-state index in [1.54, 1.807) is 12.1 Å². The molecule has 0 radical (unpaired) electrons. The van der Waals surface area contributed by atoms with E-state index in [0.29, 0.717) is 25.2 Å². The van der Waals surface area contributed by atoms with E-state index in [9.17, 15) is 9.59 Å². The van der Waals surface area contributed by atoms with Gasteiger partial charge in [-0.3, -0.25) is 4.79 Å². The molecule has 6 heteroatoms. The molecule has 1 atom stereocenters. The predicted octanol–water partition coefficient (Wildman–Crippen LogP) is 0.572. The van der Waals surface area contributed by atoms with Crippen molar-refractivity contribution in [3.63, 3.8) is 0 Å². The van der Waals surface area contributed by atoms with Crippen LogP contribution in [0.15, 0.2) is 22.8 Å². The van der Waals surface area contributed by atoms with Gasteiger partial charge in [0.2, 0.25) is 5.91 Å². The molecular formula is C12H15NO5. The van der Waals surface area contributed by atoms with Crippen molar-refractivity contribution < 1.29 is 23.8 Å². The third kappa shape index (κ3) is 2.70. The lowest BCUT2D eigenvalue weighted by Gasteiger charge is -2.23. The number of carboxylic acid groups (broad SMARTS) is 1. The zero-order chi connectivity index (χ0) is 13.0. The first kappa shape index (κ1) is 12.6. The van der Waals surface area contributed by atoms with Crippen LogP contribution in [0.25, 0.3) is 0 Å². The molecule has 0 aliphatic carbocycles. The molecule has 18 heavy (non-hydrogen) atoms. The van der Waals surface area contributed by atoms with Gasteiger partial charge in [0.1, 0.15) is 5.76 Å². The zero-order valence-corrected chi connectivity index (χ0v) is 9.85. The molecule has 1 aliphatic rings. The van der Waals surface area contributed by atoms with Crippen molar-refractivity contribution in [1.82, 2.24) is 5.32 Å². The standard InChI is InChI=1S/C12H15NO5/c14-10(4-3-9-2-1-6-18-9)13-12(11(15)16)5-7-17-8-12/h1-2,6H,3-5,7-8H2,(H,13,14)(H,15,16). The molecule has 6 nitrogen and oxygen atoms in total. The van der Waals surface area contributed by atoms with Gasteiger partial charge in [-0.05, 0) is 12.1 Å². The van der Waals surface area contributed by atoms with Crippen molar-refractivity contribution in [2.24, 2.45) is 0 Å². The monoisotopic (exact) mass is 253 g/mol. The number of amides is 1. The lowest BCUT2D eigenvalue weighted by molar-refractivity contribution is -0.147. The van der Waals surface area contributed by atoms with E-state index < -0.39 is 11.5 Å². The Kier molecular flexibility index (Phi) is 3.66. The van der Waals surface area contributed by atoms with Crippen LogP contribution < -0.4 is 5.32 Å². The van der Waals surface area contributed by atoms with Gasteiger partial charge in [-0.2, -0.15) is 0 Å². The number of carboxylic acids is 1. The van der Waals surface area contributed by atoms with Crippen LogP contribution in [0.1, 0.15) is 18.6 Å². The Hall–Kier alpha value is -1.82. The number of hydrogen-bond donors (Lipinski definition) is 2. The zero-order valence-electron chi connectivity index (χ0n) is 9.85. The first-order valence-corrected chi connectivity index (χ1v) is 5.77. The highest BCUT2D eigenvalue weighted by Crippen LogP contribution is 2.19. The Bertz CT molecular complexity index is 420. The summed E-state index contributed by atoms with van der Waals surface area (Å²) >= 11 is 0. The van der Waals surface area contributed by atoms with Crippen LogP contribution in [0.3, 0.4) is 0 Å². The second kappa shape index (κ2) is 5.22. The van der Waals surface area contributed by atoms with Gasteiger partial charge in [0.25, 0.3) is 0 Å². The average molecular weight is 253 g/mol. The Balaban J connectivity index is 1.88. The number of ether oxygens (including phenoxy) is 1. The van der Waals surface area contributed by atoms with E-state index in [2.05, 4.69) is 5.32 Å². The normalized spacial score (nSPS) is 22.9. The van der Waals surface area contributed by atoms with E-state index in [4.69, 9.17) is 14.3 Å². The Labute approximate surface area is 104 Å².